The highest BCUT2D eigenvalue weighted by Gasteiger charge is 2.03. The average molecular weight is 188 g/mol. The molecule has 1 heterocycles. The Balaban J connectivity index is 2.47. The van der Waals surface area contributed by atoms with E-state index in [4.69, 9.17) is 0 Å². The van der Waals surface area contributed by atoms with E-state index in [0.29, 0.717) is 6.42 Å². The zero-order valence-electron chi connectivity index (χ0n) is 8.08. The molecule has 0 aliphatic heterocycles. The highest BCUT2D eigenvalue weighted by molar-refractivity contribution is 5.79. The number of rotatable bonds is 3. The van der Waals surface area contributed by atoms with Gasteiger partial charge in [0.15, 0.2) is 0 Å². The van der Waals surface area contributed by atoms with E-state index in [1.165, 1.54) is 0 Å². The third-order valence-electron chi connectivity index (χ3n) is 2.25. The van der Waals surface area contributed by atoms with Crippen LogP contribution in [0.3, 0.4) is 0 Å². The number of nitrogens with zero attached hydrogens (tertiary/aromatic N) is 1. The van der Waals surface area contributed by atoms with Crippen LogP contribution in [0.15, 0.2) is 18.2 Å². The van der Waals surface area contributed by atoms with E-state index < -0.39 is 0 Å². The molecule has 2 aromatic rings. The molecule has 0 aliphatic rings. The number of nitrogens with one attached hydrogen (secondary N) is 1. The number of aromatic nitrogens is 2. The fourth-order valence-electron chi connectivity index (χ4n) is 1.63. The second-order valence-electron chi connectivity index (χ2n) is 3.34. The number of hydrogen-bond donors (Lipinski definition) is 1. The standard InChI is InChI=1S/C11H12N2O/c1-8-12-10-6-2-4-9(5-3-7-14)11(10)13-8/h2,4,6-7H,3,5H2,1H3,(H,12,13). The predicted molar refractivity (Wildman–Crippen MR) is 55.2 cm³/mol. The molecule has 14 heavy (non-hydrogen) atoms. The van der Waals surface area contributed by atoms with Gasteiger partial charge in [0, 0.05) is 6.42 Å². The van der Waals surface area contributed by atoms with Crippen molar-refractivity contribution in [2.45, 2.75) is 19.8 Å². The molecular weight excluding hydrogens is 176 g/mol. The Morgan fingerprint density at radius 2 is 2.36 bits per heavy atom. The van der Waals surface area contributed by atoms with Gasteiger partial charge >= 0.3 is 0 Å². The number of benzene rings is 1. The highest BCUT2D eigenvalue weighted by Crippen LogP contribution is 2.17. The molecule has 1 aromatic carbocycles. The molecule has 0 aliphatic carbocycles. The number of carbonyl (C=O) groups excluding carboxylic acids is 1. The number of carbonyl (C=O) groups is 1. The van der Waals surface area contributed by atoms with Crippen LogP contribution in [0.25, 0.3) is 11.0 Å². The molecule has 3 heteroatoms. The van der Waals surface area contributed by atoms with Gasteiger partial charge < -0.3 is 9.78 Å². The molecule has 0 atom stereocenters. The number of aldehydes is 1. The molecule has 0 saturated heterocycles. The second kappa shape index (κ2) is 3.62. The summed E-state index contributed by atoms with van der Waals surface area (Å²) in [5, 5.41) is 0. The van der Waals surface area contributed by atoms with Gasteiger partial charge in [-0.25, -0.2) is 4.98 Å². The molecule has 1 N–H and O–H groups in total. The summed E-state index contributed by atoms with van der Waals surface area (Å²) >= 11 is 0. The summed E-state index contributed by atoms with van der Waals surface area (Å²) in [5.74, 6) is 0.915. The summed E-state index contributed by atoms with van der Waals surface area (Å²) in [7, 11) is 0. The largest absolute Gasteiger partial charge is 0.342 e. The molecule has 2 rings (SSSR count). The van der Waals surface area contributed by atoms with Crippen molar-refractivity contribution in [1.29, 1.82) is 0 Å². The minimum atomic E-state index is 0.561. The fraction of sp³-hybridized carbons (Fsp3) is 0.273. The van der Waals surface area contributed by atoms with Crippen LogP contribution in [0.5, 0.6) is 0 Å². The lowest BCUT2D eigenvalue weighted by molar-refractivity contribution is -0.107. The van der Waals surface area contributed by atoms with Gasteiger partial charge in [0.05, 0.1) is 11.0 Å². The summed E-state index contributed by atoms with van der Waals surface area (Å²) in [5.41, 5.74) is 3.18. The number of para-hydroxylation sites is 1. The summed E-state index contributed by atoms with van der Waals surface area (Å²) < 4.78 is 0. The van der Waals surface area contributed by atoms with Crippen LogP contribution in [0.4, 0.5) is 0 Å². The Labute approximate surface area is 82.2 Å². The number of H-pyrrole nitrogens is 1. The minimum Gasteiger partial charge on any atom is -0.342 e. The van der Waals surface area contributed by atoms with Crippen molar-refractivity contribution in [2.24, 2.45) is 0 Å². The molecule has 0 saturated carbocycles. The molecule has 0 unspecified atom stereocenters. The normalized spacial score (nSPS) is 10.6. The van der Waals surface area contributed by atoms with Crippen LogP contribution in [0, 0.1) is 6.92 Å². The van der Waals surface area contributed by atoms with Crippen molar-refractivity contribution < 1.29 is 4.79 Å². The van der Waals surface area contributed by atoms with Gasteiger partial charge in [-0.05, 0) is 25.0 Å². The quantitative estimate of drug-likeness (QED) is 0.749. The molecule has 0 bridgehead atoms. The molecule has 0 spiro atoms. The average Bonchev–Trinajstić information content (AvgIpc) is 2.55. The van der Waals surface area contributed by atoms with Crippen molar-refractivity contribution >= 4 is 17.3 Å². The maximum Gasteiger partial charge on any atom is 0.120 e. The molecule has 0 radical (unpaired) electrons. The van der Waals surface area contributed by atoms with E-state index in [2.05, 4.69) is 9.97 Å². The van der Waals surface area contributed by atoms with Crippen LogP contribution >= 0.6 is 0 Å². The van der Waals surface area contributed by atoms with Crippen LogP contribution in [0.1, 0.15) is 17.8 Å². The van der Waals surface area contributed by atoms with Gasteiger partial charge in [0.2, 0.25) is 0 Å². The zero-order valence-corrected chi connectivity index (χ0v) is 8.08. The highest BCUT2D eigenvalue weighted by atomic mass is 16.1. The van der Waals surface area contributed by atoms with Crippen molar-refractivity contribution in [3.63, 3.8) is 0 Å². The zero-order chi connectivity index (χ0) is 9.97. The monoisotopic (exact) mass is 188 g/mol. The Morgan fingerprint density at radius 3 is 3.14 bits per heavy atom. The van der Waals surface area contributed by atoms with Crippen LogP contribution in [0.2, 0.25) is 0 Å². The van der Waals surface area contributed by atoms with Gasteiger partial charge in [0.25, 0.3) is 0 Å². The first kappa shape index (κ1) is 8.94. The number of hydrogen-bond acceptors (Lipinski definition) is 2. The third kappa shape index (κ3) is 1.53. The van der Waals surface area contributed by atoms with Crippen molar-refractivity contribution in [3.05, 3.63) is 29.6 Å². The maximum atomic E-state index is 10.3. The number of aryl methyl sites for hydroxylation is 2. The van der Waals surface area contributed by atoms with Crippen LogP contribution < -0.4 is 0 Å². The lowest BCUT2D eigenvalue weighted by atomic mass is 10.1. The van der Waals surface area contributed by atoms with Gasteiger partial charge in [-0.15, -0.1) is 0 Å². The Kier molecular flexibility index (Phi) is 2.31. The molecule has 0 amide bonds. The SMILES string of the molecule is Cc1nc2c(CCC=O)cccc2[nH]1. The van der Waals surface area contributed by atoms with E-state index in [1.807, 2.05) is 25.1 Å². The van der Waals surface area contributed by atoms with Crippen LogP contribution in [-0.4, -0.2) is 16.3 Å². The first-order valence-corrected chi connectivity index (χ1v) is 4.69. The van der Waals surface area contributed by atoms with Gasteiger partial charge in [-0.1, -0.05) is 12.1 Å². The van der Waals surface area contributed by atoms with E-state index in [0.717, 1.165) is 35.1 Å². The Morgan fingerprint density at radius 1 is 1.50 bits per heavy atom. The first-order valence-electron chi connectivity index (χ1n) is 4.69. The topological polar surface area (TPSA) is 45.8 Å². The Hall–Kier alpha value is -1.64. The smallest absolute Gasteiger partial charge is 0.120 e. The molecule has 3 nitrogen and oxygen atoms in total. The number of fused-ring (bicyclic) bond motifs is 1. The summed E-state index contributed by atoms with van der Waals surface area (Å²) in [6.45, 7) is 1.93. The molecule has 1 aromatic heterocycles. The lowest BCUT2D eigenvalue weighted by Gasteiger charge is -1.97. The van der Waals surface area contributed by atoms with Crippen molar-refractivity contribution in [3.8, 4) is 0 Å². The second-order valence-corrected chi connectivity index (χ2v) is 3.34. The summed E-state index contributed by atoms with van der Waals surface area (Å²) in [6, 6.07) is 6.01. The van der Waals surface area contributed by atoms with E-state index in [-0.39, 0.29) is 0 Å². The van der Waals surface area contributed by atoms with Gasteiger partial charge in [-0.3, -0.25) is 0 Å². The van der Waals surface area contributed by atoms with Crippen molar-refractivity contribution in [1.82, 2.24) is 9.97 Å². The summed E-state index contributed by atoms with van der Waals surface area (Å²) in [4.78, 5) is 17.9. The maximum absolute atomic E-state index is 10.3. The molecule has 72 valence electrons. The van der Waals surface area contributed by atoms with Crippen molar-refractivity contribution in [2.75, 3.05) is 0 Å². The number of aromatic amines is 1. The molecule has 0 fully saturated rings. The van der Waals surface area contributed by atoms with E-state index >= 15 is 0 Å². The number of imidazole rings is 1. The third-order valence-corrected chi connectivity index (χ3v) is 2.25. The fourth-order valence-corrected chi connectivity index (χ4v) is 1.63. The van der Waals surface area contributed by atoms with E-state index in [1.54, 1.807) is 0 Å². The molecular formula is C11H12N2O. The van der Waals surface area contributed by atoms with E-state index in [9.17, 15) is 4.79 Å². The predicted octanol–water partition coefficient (Wildman–Crippen LogP) is 2.00. The van der Waals surface area contributed by atoms with Gasteiger partial charge in [0.1, 0.15) is 12.1 Å². The summed E-state index contributed by atoms with van der Waals surface area (Å²) in [6.07, 6.45) is 2.27. The van der Waals surface area contributed by atoms with Crippen LogP contribution in [-0.2, 0) is 11.2 Å². The van der Waals surface area contributed by atoms with Gasteiger partial charge in [-0.2, -0.15) is 0 Å². The first-order chi connectivity index (χ1) is 6.81. The minimum absolute atomic E-state index is 0.561. The lowest BCUT2D eigenvalue weighted by Crippen LogP contribution is -1.87. The Bertz CT molecular complexity index is 459.